The van der Waals surface area contributed by atoms with Crippen molar-refractivity contribution < 1.29 is 4.74 Å². The van der Waals surface area contributed by atoms with Crippen molar-refractivity contribution in [2.45, 2.75) is 34.1 Å². The molecule has 2 heteroatoms. The summed E-state index contributed by atoms with van der Waals surface area (Å²) in [6, 6.07) is 4.05. The van der Waals surface area contributed by atoms with E-state index in [0.29, 0.717) is 5.92 Å². The Kier molecular flexibility index (Phi) is 3.93. The van der Waals surface area contributed by atoms with Crippen molar-refractivity contribution in [3.63, 3.8) is 0 Å². The molecular formula is C12H19NO. The second kappa shape index (κ2) is 4.99. The molecule has 0 amide bonds. The highest BCUT2D eigenvalue weighted by atomic mass is 16.5. The zero-order valence-corrected chi connectivity index (χ0v) is 9.50. The van der Waals surface area contributed by atoms with Crippen LogP contribution in [0.3, 0.4) is 0 Å². The van der Waals surface area contributed by atoms with Gasteiger partial charge in [-0.2, -0.15) is 0 Å². The molecule has 0 spiro atoms. The average molecular weight is 193 g/mol. The minimum absolute atomic E-state index is 0.681. The van der Waals surface area contributed by atoms with Crippen molar-refractivity contribution in [3.8, 4) is 5.88 Å². The molecule has 0 radical (unpaired) electrons. The van der Waals surface area contributed by atoms with Gasteiger partial charge in [-0.25, -0.2) is 4.98 Å². The highest BCUT2D eigenvalue weighted by molar-refractivity contribution is 5.26. The molecule has 0 aliphatic heterocycles. The highest BCUT2D eigenvalue weighted by Gasteiger charge is 2.01. The topological polar surface area (TPSA) is 22.1 Å². The molecule has 0 unspecified atom stereocenters. The predicted octanol–water partition coefficient (Wildman–Crippen LogP) is 3.12. The molecule has 0 atom stereocenters. The van der Waals surface area contributed by atoms with Crippen LogP contribution in [0.5, 0.6) is 5.88 Å². The molecule has 0 aliphatic rings. The maximum atomic E-state index is 5.62. The van der Waals surface area contributed by atoms with Crippen LogP contribution in [0, 0.1) is 19.8 Å². The lowest BCUT2D eigenvalue weighted by molar-refractivity contribution is 0.277. The molecule has 0 aliphatic carbocycles. The van der Waals surface area contributed by atoms with Gasteiger partial charge < -0.3 is 4.74 Å². The van der Waals surface area contributed by atoms with Gasteiger partial charge in [-0.1, -0.05) is 19.9 Å². The van der Waals surface area contributed by atoms with E-state index in [-0.39, 0.29) is 0 Å². The van der Waals surface area contributed by atoms with Crippen molar-refractivity contribution >= 4 is 0 Å². The molecule has 0 N–H and O–H groups in total. The Morgan fingerprint density at radius 2 is 2.00 bits per heavy atom. The average Bonchev–Trinajstić information content (AvgIpc) is 2.10. The normalized spacial score (nSPS) is 10.6. The first kappa shape index (κ1) is 11.0. The predicted molar refractivity (Wildman–Crippen MR) is 58.7 cm³/mol. The van der Waals surface area contributed by atoms with E-state index < -0.39 is 0 Å². The van der Waals surface area contributed by atoms with E-state index in [2.05, 4.69) is 18.8 Å². The van der Waals surface area contributed by atoms with Gasteiger partial charge in [0.2, 0.25) is 5.88 Å². The minimum atomic E-state index is 0.681. The summed E-state index contributed by atoms with van der Waals surface area (Å²) in [5.74, 6) is 1.46. The number of nitrogens with zero attached hydrogens (tertiary/aromatic N) is 1. The van der Waals surface area contributed by atoms with E-state index in [1.165, 1.54) is 0 Å². The summed E-state index contributed by atoms with van der Waals surface area (Å²) in [6.07, 6.45) is 1.08. The molecular weight excluding hydrogens is 174 g/mol. The van der Waals surface area contributed by atoms with Gasteiger partial charge in [0.1, 0.15) is 0 Å². The lowest BCUT2D eigenvalue weighted by Crippen LogP contribution is -2.04. The molecule has 14 heavy (non-hydrogen) atoms. The molecule has 78 valence electrons. The van der Waals surface area contributed by atoms with E-state index in [1.54, 1.807) is 0 Å². The van der Waals surface area contributed by atoms with Crippen molar-refractivity contribution in [3.05, 3.63) is 23.4 Å². The van der Waals surface area contributed by atoms with Gasteiger partial charge >= 0.3 is 0 Å². The van der Waals surface area contributed by atoms with Crippen molar-refractivity contribution in [2.24, 2.45) is 5.92 Å². The Hall–Kier alpha value is -1.05. The fourth-order valence-electron chi connectivity index (χ4n) is 1.14. The molecule has 0 saturated carbocycles. The quantitative estimate of drug-likeness (QED) is 0.733. The SMILES string of the molecule is Cc1ccc(C)c(OCCC(C)C)n1. The van der Waals surface area contributed by atoms with Gasteiger partial charge in [0.25, 0.3) is 0 Å². The smallest absolute Gasteiger partial charge is 0.216 e. The van der Waals surface area contributed by atoms with Crippen LogP contribution in [0.1, 0.15) is 31.5 Å². The number of ether oxygens (including phenoxy) is 1. The summed E-state index contributed by atoms with van der Waals surface area (Å²) in [6.45, 7) is 9.15. The van der Waals surface area contributed by atoms with Crippen LogP contribution in [0.15, 0.2) is 12.1 Å². The van der Waals surface area contributed by atoms with Crippen molar-refractivity contribution in [2.75, 3.05) is 6.61 Å². The lowest BCUT2D eigenvalue weighted by atomic mass is 10.1. The van der Waals surface area contributed by atoms with Gasteiger partial charge in [0, 0.05) is 11.3 Å². The Morgan fingerprint density at radius 3 is 2.64 bits per heavy atom. The summed E-state index contributed by atoms with van der Waals surface area (Å²) in [5.41, 5.74) is 2.12. The lowest BCUT2D eigenvalue weighted by Gasteiger charge is -2.09. The van der Waals surface area contributed by atoms with E-state index in [9.17, 15) is 0 Å². The molecule has 1 heterocycles. The Balaban J connectivity index is 2.53. The van der Waals surface area contributed by atoms with E-state index in [1.807, 2.05) is 26.0 Å². The van der Waals surface area contributed by atoms with Crippen LogP contribution in [0.25, 0.3) is 0 Å². The molecule has 1 rings (SSSR count). The van der Waals surface area contributed by atoms with Crippen molar-refractivity contribution in [1.82, 2.24) is 4.98 Å². The van der Waals surface area contributed by atoms with E-state index >= 15 is 0 Å². The summed E-state index contributed by atoms with van der Waals surface area (Å²) in [5, 5.41) is 0. The molecule has 2 nitrogen and oxygen atoms in total. The van der Waals surface area contributed by atoms with Crippen LogP contribution in [-0.4, -0.2) is 11.6 Å². The summed E-state index contributed by atoms with van der Waals surface area (Å²) >= 11 is 0. The first-order valence-electron chi connectivity index (χ1n) is 5.16. The van der Waals surface area contributed by atoms with Crippen LogP contribution < -0.4 is 4.74 Å². The molecule has 0 bridgehead atoms. The van der Waals surface area contributed by atoms with E-state index in [4.69, 9.17) is 4.74 Å². The summed E-state index contributed by atoms with van der Waals surface area (Å²) < 4.78 is 5.62. The van der Waals surface area contributed by atoms with Gasteiger partial charge in [-0.05, 0) is 32.3 Å². The zero-order valence-electron chi connectivity index (χ0n) is 9.50. The Labute approximate surface area is 86.3 Å². The summed E-state index contributed by atoms with van der Waals surface area (Å²) in [7, 11) is 0. The third-order valence-electron chi connectivity index (χ3n) is 2.12. The minimum Gasteiger partial charge on any atom is -0.477 e. The molecule has 1 aromatic heterocycles. The molecule has 0 saturated heterocycles. The Morgan fingerprint density at radius 1 is 1.29 bits per heavy atom. The van der Waals surface area contributed by atoms with E-state index in [0.717, 1.165) is 30.2 Å². The second-order valence-electron chi connectivity index (χ2n) is 4.11. The van der Waals surface area contributed by atoms with Gasteiger partial charge in [-0.3, -0.25) is 0 Å². The zero-order chi connectivity index (χ0) is 10.6. The highest BCUT2D eigenvalue weighted by Crippen LogP contribution is 2.15. The van der Waals surface area contributed by atoms with Crippen LogP contribution in [0.2, 0.25) is 0 Å². The number of aryl methyl sites for hydroxylation is 2. The number of hydrogen-bond acceptors (Lipinski definition) is 2. The largest absolute Gasteiger partial charge is 0.477 e. The van der Waals surface area contributed by atoms with Crippen molar-refractivity contribution in [1.29, 1.82) is 0 Å². The number of rotatable bonds is 4. The number of aromatic nitrogens is 1. The first-order valence-corrected chi connectivity index (χ1v) is 5.16. The fourth-order valence-corrected chi connectivity index (χ4v) is 1.14. The third kappa shape index (κ3) is 3.36. The van der Waals surface area contributed by atoms with Gasteiger partial charge in [-0.15, -0.1) is 0 Å². The third-order valence-corrected chi connectivity index (χ3v) is 2.12. The molecule has 1 aromatic rings. The first-order chi connectivity index (χ1) is 6.59. The van der Waals surface area contributed by atoms with Crippen LogP contribution in [-0.2, 0) is 0 Å². The second-order valence-corrected chi connectivity index (χ2v) is 4.11. The van der Waals surface area contributed by atoms with Crippen LogP contribution in [0.4, 0.5) is 0 Å². The van der Waals surface area contributed by atoms with Gasteiger partial charge in [0.05, 0.1) is 6.61 Å². The van der Waals surface area contributed by atoms with Crippen LogP contribution >= 0.6 is 0 Å². The molecule has 0 aromatic carbocycles. The van der Waals surface area contributed by atoms with Gasteiger partial charge in [0.15, 0.2) is 0 Å². The number of hydrogen-bond donors (Lipinski definition) is 0. The molecule has 0 fully saturated rings. The maximum absolute atomic E-state index is 5.62. The standard InChI is InChI=1S/C12H19NO/c1-9(2)7-8-14-12-10(3)5-6-11(4)13-12/h5-6,9H,7-8H2,1-4H3. The Bertz CT molecular complexity index is 294. The monoisotopic (exact) mass is 193 g/mol. The maximum Gasteiger partial charge on any atom is 0.216 e. The summed E-state index contributed by atoms with van der Waals surface area (Å²) in [4.78, 5) is 4.35. The number of pyridine rings is 1. The fraction of sp³-hybridized carbons (Fsp3) is 0.583.